The van der Waals surface area contributed by atoms with E-state index in [1.165, 1.54) is 55.4 Å². The highest BCUT2D eigenvalue weighted by Crippen LogP contribution is 2.17. The minimum atomic E-state index is -1.58. The number of hydrogen-bond acceptors (Lipinski definition) is 47. The number of aliphatic hydroxyl groups is 1. The fraction of sp³-hybridized carbons (Fsp3) is 0.596. The summed E-state index contributed by atoms with van der Waals surface area (Å²) >= 11 is 0. The number of aliphatic carboxylic acids is 2. The van der Waals surface area contributed by atoms with Gasteiger partial charge in [0.25, 0.3) is 0 Å². The second-order valence-corrected chi connectivity index (χ2v) is 29.5. The van der Waals surface area contributed by atoms with Gasteiger partial charge in [-0.25, -0.2) is 101 Å². The molecule has 49 heteroatoms. The van der Waals surface area contributed by atoms with Gasteiger partial charge >= 0.3 is 143 Å². The van der Waals surface area contributed by atoms with Crippen molar-refractivity contribution in [3.63, 3.8) is 0 Å². The van der Waals surface area contributed by atoms with Gasteiger partial charge in [0.15, 0.2) is 122 Å². The maximum atomic E-state index is 12.4. The molecule has 21 atom stereocenters. The van der Waals surface area contributed by atoms with Crippen LogP contribution in [0, 0.1) is 0 Å². The topological polar surface area (TPSA) is 673 Å². The second-order valence-electron chi connectivity index (χ2n) is 29.5. The Kier molecular flexibility index (Phi) is 59.6. The van der Waals surface area contributed by atoms with E-state index in [1.54, 1.807) is 51.1 Å². The molecule has 0 saturated heterocycles. The number of carboxylic acids is 2. The Bertz CT molecular complexity index is 4420. The van der Waals surface area contributed by atoms with Gasteiger partial charge in [0, 0.05) is 19.3 Å². The number of benzene rings is 2. The summed E-state index contributed by atoms with van der Waals surface area (Å²) in [5.74, 6) is -25.2. The molecule has 0 aromatic heterocycles. The lowest BCUT2D eigenvalue weighted by Crippen LogP contribution is -2.39. The molecule has 0 amide bonds. The van der Waals surface area contributed by atoms with Crippen LogP contribution in [0.15, 0.2) is 60.7 Å². The largest absolute Gasteiger partial charge is 0.479 e. The molecule has 772 valence electrons. The van der Waals surface area contributed by atoms with Crippen LogP contribution in [0.2, 0.25) is 0 Å². The average Bonchev–Trinajstić information content (AvgIpc) is 0.881. The molecule has 0 aliphatic heterocycles. The number of rotatable bonds is 51. The van der Waals surface area contributed by atoms with Crippen molar-refractivity contribution in [1.82, 2.24) is 0 Å². The monoisotopic (exact) mass is 1970 g/mol. The molecule has 0 aliphatic rings. The summed E-state index contributed by atoms with van der Waals surface area (Å²) in [6.45, 7) is 29.9. The second kappa shape index (κ2) is 65.4. The Morgan fingerprint density at radius 3 is 0.464 bits per heavy atom. The van der Waals surface area contributed by atoms with Crippen LogP contribution in [0.4, 0.5) is 0 Å². The number of hydrogen-bond donors (Lipinski definition) is 3. The minimum Gasteiger partial charge on any atom is -0.479 e. The third-order valence-corrected chi connectivity index (χ3v) is 16.7. The molecule has 2 aromatic carbocycles. The summed E-state index contributed by atoms with van der Waals surface area (Å²) in [5.41, 5.74) is 1.64. The summed E-state index contributed by atoms with van der Waals surface area (Å²) in [6, 6.07) is 18.1. The highest BCUT2D eigenvalue weighted by molar-refractivity contribution is 5.92. The number of carbonyl (C=O) groups excluding carboxylic acids is 22. The van der Waals surface area contributed by atoms with E-state index in [1.807, 2.05) is 30.3 Å². The number of ether oxygens (including phenoxy) is 22. The van der Waals surface area contributed by atoms with E-state index in [-0.39, 0.29) is 32.5 Å². The van der Waals surface area contributed by atoms with Gasteiger partial charge in [0.05, 0.1) is 0 Å². The number of carboxylic acid groups (broad SMARTS) is 2. The average molecular weight is 1980 g/mol. The lowest BCUT2D eigenvalue weighted by Gasteiger charge is -2.21. The lowest BCUT2D eigenvalue weighted by molar-refractivity contribution is -0.188. The van der Waals surface area contributed by atoms with Crippen molar-refractivity contribution in [1.29, 1.82) is 0 Å². The van der Waals surface area contributed by atoms with E-state index >= 15 is 0 Å². The van der Waals surface area contributed by atoms with Crippen molar-refractivity contribution in [3.8, 4) is 0 Å². The van der Waals surface area contributed by atoms with E-state index in [0.29, 0.717) is 19.3 Å². The summed E-state index contributed by atoms with van der Waals surface area (Å²) in [4.78, 5) is 285. The first kappa shape index (κ1) is 126. The van der Waals surface area contributed by atoms with Crippen LogP contribution in [0.3, 0.4) is 0 Å². The van der Waals surface area contributed by atoms with Crippen LogP contribution < -0.4 is 0 Å². The third kappa shape index (κ3) is 52.0. The molecular formula is C89H122O49. The molecule has 49 nitrogen and oxygen atoms in total. The molecule has 2 rings (SSSR count). The summed E-state index contributed by atoms with van der Waals surface area (Å²) in [7, 11) is 0. The Balaban J connectivity index is 0. The van der Waals surface area contributed by atoms with Crippen molar-refractivity contribution in [2.75, 3.05) is 0 Å². The van der Waals surface area contributed by atoms with Gasteiger partial charge in [-0.2, -0.15) is 0 Å². The molecule has 0 spiro atoms. The zero-order chi connectivity index (χ0) is 106. The smallest absolute Gasteiger partial charge is 0.347 e. The quantitative estimate of drug-likeness (QED) is 0.0622. The van der Waals surface area contributed by atoms with Gasteiger partial charge in [-0.1, -0.05) is 81.4 Å². The molecule has 2 aromatic rings. The SMILES string of the molecule is CCCC(=O)O[C@@H](C)C(=O)O[C@H](C)C(=O)O[C@H](C)C(=O)O[C@H](C)C(=O)O[C@H](C)C(=O)O[C@H](C)C(=O)O.CCCC(=O)O[C@@H](C)C(=O)O[C@H](C)C(=O)O[C@H](C)C(=O)O[C@H](C)C(=O)O[C@H](C)C(=O)O[C@H](C)C(=O)O[C@H](C)C(=O)O.CCCC(=O)O[C@@H](C)C(=O)O[C@H](C)C(=O)O[C@H](C)C(=O)O[C@H](C)C(=O)O[C@H](C)C(=O)O[C@H](C)C(=O)O[C@H](C)C(=O)OCc1ccccc1.C[C@H](O)C(=O)OCc1ccccc1. The molecule has 3 N–H and O–H groups in total. The van der Waals surface area contributed by atoms with E-state index in [4.69, 9.17) is 110 Å². The van der Waals surface area contributed by atoms with Gasteiger partial charge < -0.3 is 120 Å². The van der Waals surface area contributed by atoms with Crippen LogP contribution in [0.1, 0.15) is 216 Å². The highest BCUT2D eigenvalue weighted by atomic mass is 16.7. The molecular weight excluding hydrogens is 1850 g/mol. The summed E-state index contributed by atoms with van der Waals surface area (Å²) < 4.78 is 107. The fourth-order valence-electron chi connectivity index (χ4n) is 8.63. The molecule has 138 heavy (non-hydrogen) atoms. The van der Waals surface area contributed by atoms with E-state index in [0.717, 1.165) is 101 Å². The van der Waals surface area contributed by atoms with Crippen molar-refractivity contribution < 1.29 is 235 Å². The predicted molar refractivity (Wildman–Crippen MR) is 455 cm³/mol. The lowest BCUT2D eigenvalue weighted by atomic mass is 10.2. The normalized spacial score (nSPS) is 15.1. The van der Waals surface area contributed by atoms with Crippen LogP contribution in [-0.2, 0) is 232 Å². The first-order chi connectivity index (χ1) is 64.2. The van der Waals surface area contributed by atoms with E-state index < -0.39 is 271 Å². The van der Waals surface area contributed by atoms with Gasteiger partial charge in [-0.05, 0) is 176 Å². The molecule has 0 saturated carbocycles. The summed E-state index contributed by atoms with van der Waals surface area (Å²) in [5, 5.41) is 26.3. The first-order valence-corrected chi connectivity index (χ1v) is 42.8. The molecule has 0 fully saturated rings. The predicted octanol–water partition coefficient (Wildman–Crippen LogP) is 4.02. The van der Waals surface area contributed by atoms with Crippen LogP contribution in [0.5, 0.6) is 0 Å². The molecule has 0 heterocycles. The standard InChI is InChI=1S/C32H42O16.C25H36O16.C22H32O14.C10H12O3/c1-9-13-25(33)42-18(3)27(35)44-20(5)29(37)46-22(7)31(39)48-23(8)32(40)47-21(6)30(38)45-19(4)28(36)43-17(2)26(34)41-16-24-14-11-10-12-15-24;1-9-10-18(26)35-12(3)20(29)37-14(5)22(31)39-16(7)24(33)41-17(8)25(34)40-15(6)23(32)38-13(4)21(30)36-11(2)19(27)28;1-8-9-16(23)31-11(3)18(26)33-13(5)20(28)35-15(7)22(30)36-14(6)21(29)34-12(4)19(27)32-10(2)17(24)25;1-8(11)10(12)13-7-9-5-3-2-4-6-9/h10-12,14-15,17-23H,9,13,16H2,1-8H3;11-17H,9-10H2,1-8H3,(H,27,28);10-15H,8-9H2,1-7H3,(H,24,25);2-6,8,11H,7H2,1H3/t17-,18+,19-,20-,21-,22-,23-;11-,12+,13-,14-,15-,16-,17-;10-,11+,12-,13-,14-,15-;8-/m1110/s1. The Morgan fingerprint density at radius 2 is 0.326 bits per heavy atom. The van der Waals surface area contributed by atoms with Gasteiger partial charge in [0.2, 0.25) is 0 Å². The van der Waals surface area contributed by atoms with Gasteiger partial charge in [-0.15, -0.1) is 0 Å². The Labute approximate surface area is 792 Å². The first-order valence-electron chi connectivity index (χ1n) is 42.8. The number of carbonyl (C=O) groups is 24. The molecule has 0 aliphatic carbocycles. The maximum absolute atomic E-state index is 12.4. The van der Waals surface area contributed by atoms with Gasteiger partial charge in [-0.3, -0.25) is 14.4 Å². The van der Waals surface area contributed by atoms with E-state index in [9.17, 15) is 115 Å². The van der Waals surface area contributed by atoms with Crippen LogP contribution in [0.25, 0.3) is 0 Å². The number of esters is 22. The highest BCUT2D eigenvalue weighted by Gasteiger charge is 2.39. The van der Waals surface area contributed by atoms with Crippen LogP contribution >= 0.6 is 0 Å². The third-order valence-electron chi connectivity index (χ3n) is 16.7. The van der Waals surface area contributed by atoms with Crippen molar-refractivity contribution >= 4 is 143 Å². The van der Waals surface area contributed by atoms with E-state index in [2.05, 4.69) is 9.47 Å². The molecule has 0 bridgehead atoms. The zero-order valence-corrected chi connectivity index (χ0v) is 80.7. The van der Waals surface area contributed by atoms with Crippen LogP contribution in [-0.4, -0.2) is 287 Å². The zero-order valence-electron chi connectivity index (χ0n) is 80.7. The Hall–Kier alpha value is -14.3. The Morgan fingerprint density at radius 1 is 0.196 bits per heavy atom. The van der Waals surface area contributed by atoms with Gasteiger partial charge in [0.1, 0.15) is 19.3 Å². The number of aliphatic hydroxyl groups excluding tert-OH is 1. The maximum Gasteiger partial charge on any atom is 0.347 e. The van der Waals surface area contributed by atoms with Crippen molar-refractivity contribution in [2.24, 2.45) is 0 Å². The van der Waals surface area contributed by atoms with Crippen molar-refractivity contribution in [3.05, 3.63) is 71.8 Å². The van der Waals surface area contributed by atoms with Crippen molar-refractivity contribution in [2.45, 2.75) is 346 Å². The molecule has 0 radical (unpaired) electrons. The minimum absolute atomic E-state index is 0.0388. The molecule has 0 unspecified atom stereocenters. The summed E-state index contributed by atoms with van der Waals surface area (Å²) in [6.07, 6.45) is -28.7. The fourth-order valence-corrected chi connectivity index (χ4v) is 8.63.